The van der Waals surface area contributed by atoms with Gasteiger partial charge in [-0.1, -0.05) is 24.3 Å². The fourth-order valence-corrected chi connectivity index (χ4v) is 2.74. The Labute approximate surface area is 140 Å². The highest BCUT2D eigenvalue weighted by molar-refractivity contribution is 5.78. The quantitative estimate of drug-likeness (QED) is 0.846. The molecule has 0 spiro atoms. The molecule has 2 aromatic carbocycles. The molecule has 0 aromatic heterocycles. The molecule has 4 nitrogen and oxygen atoms in total. The lowest BCUT2D eigenvalue weighted by Crippen LogP contribution is -2.44. The summed E-state index contributed by atoms with van der Waals surface area (Å²) < 4.78 is 24.8. The minimum atomic E-state index is -0.330. The van der Waals surface area contributed by atoms with Crippen LogP contribution in [0.25, 0.3) is 0 Å². The molecule has 1 atom stereocenters. The van der Waals surface area contributed by atoms with Crippen molar-refractivity contribution in [3.8, 4) is 11.5 Å². The average molecular weight is 329 g/mol. The average Bonchev–Trinajstić information content (AvgIpc) is 2.59. The van der Waals surface area contributed by atoms with E-state index in [4.69, 9.17) is 9.47 Å². The van der Waals surface area contributed by atoms with E-state index in [0.717, 1.165) is 5.75 Å². The van der Waals surface area contributed by atoms with Crippen LogP contribution < -0.4 is 9.47 Å². The van der Waals surface area contributed by atoms with Crippen LogP contribution in [0.4, 0.5) is 4.39 Å². The van der Waals surface area contributed by atoms with Crippen molar-refractivity contribution in [2.75, 3.05) is 19.7 Å². The summed E-state index contributed by atoms with van der Waals surface area (Å²) in [6.45, 7) is 3.33. The maximum atomic E-state index is 13.3. The Kier molecular flexibility index (Phi) is 4.99. The first-order chi connectivity index (χ1) is 11.7. The van der Waals surface area contributed by atoms with Crippen molar-refractivity contribution in [3.05, 3.63) is 59.9 Å². The van der Waals surface area contributed by atoms with Crippen molar-refractivity contribution in [1.82, 2.24) is 4.90 Å². The molecule has 0 saturated carbocycles. The molecule has 1 unspecified atom stereocenters. The number of halogens is 1. The molecule has 5 heteroatoms. The summed E-state index contributed by atoms with van der Waals surface area (Å²) in [5.41, 5.74) is 0.671. The third-order valence-corrected chi connectivity index (χ3v) is 3.97. The first-order valence-corrected chi connectivity index (χ1v) is 8.06. The standard InChI is InChI=1S/C19H20FNO3/c1-2-21(19(22)11-14-6-5-7-15(20)10-14)12-16-13-23-17-8-3-4-9-18(17)24-16/h3-10,16H,2,11-13H2,1H3. The topological polar surface area (TPSA) is 38.8 Å². The Morgan fingerprint density at radius 1 is 1.21 bits per heavy atom. The van der Waals surface area contributed by atoms with Gasteiger partial charge in [-0.25, -0.2) is 4.39 Å². The van der Waals surface area contributed by atoms with Gasteiger partial charge in [-0.2, -0.15) is 0 Å². The molecule has 1 aliphatic rings. The molecule has 0 N–H and O–H groups in total. The first kappa shape index (κ1) is 16.3. The number of fused-ring (bicyclic) bond motifs is 1. The Morgan fingerprint density at radius 2 is 2.00 bits per heavy atom. The van der Waals surface area contributed by atoms with Gasteiger partial charge >= 0.3 is 0 Å². The predicted octanol–water partition coefficient (Wildman–Crippen LogP) is 3.06. The highest BCUT2D eigenvalue weighted by Gasteiger charge is 2.24. The molecule has 0 radical (unpaired) electrons. The van der Waals surface area contributed by atoms with E-state index < -0.39 is 0 Å². The molecule has 0 fully saturated rings. The minimum absolute atomic E-state index is 0.0504. The Balaban J connectivity index is 1.61. The summed E-state index contributed by atoms with van der Waals surface area (Å²) in [4.78, 5) is 14.2. The maximum absolute atomic E-state index is 13.3. The van der Waals surface area contributed by atoms with Crippen LogP contribution in [0.3, 0.4) is 0 Å². The van der Waals surface area contributed by atoms with Crippen LogP contribution in [0.1, 0.15) is 12.5 Å². The summed E-state index contributed by atoms with van der Waals surface area (Å²) >= 11 is 0. The van der Waals surface area contributed by atoms with Crippen LogP contribution in [0.5, 0.6) is 11.5 Å². The molecule has 0 bridgehead atoms. The largest absolute Gasteiger partial charge is 0.486 e. The smallest absolute Gasteiger partial charge is 0.227 e. The summed E-state index contributed by atoms with van der Waals surface area (Å²) in [5.74, 6) is 1.04. The van der Waals surface area contributed by atoms with Crippen molar-refractivity contribution < 1.29 is 18.7 Å². The van der Waals surface area contributed by atoms with Gasteiger partial charge in [0.2, 0.25) is 5.91 Å². The van der Waals surface area contributed by atoms with Gasteiger partial charge in [0.25, 0.3) is 0 Å². The molecule has 1 amide bonds. The molecule has 2 aromatic rings. The van der Waals surface area contributed by atoms with Crippen molar-refractivity contribution in [3.63, 3.8) is 0 Å². The van der Waals surface area contributed by atoms with Crippen LogP contribution in [-0.4, -0.2) is 36.6 Å². The van der Waals surface area contributed by atoms with E-state index in [9.17, 15) is 9.18 Å². The van der Waals surface area contributed by atoms with E-state index in [2.05, 4.69) is 0 Å². The zero-order chi connectivity index (χ0) is 16.9. The van der Waals surface area contributed by atoms with Crippen molar-refractivity contribution >= 4 is 5.91 Å². The van der Waals surface area contributed by atoms with E-state index >= 15 is 0 Å². The van der Waals surface area contributed by atoms with E-state index in [1.807, 2.05) is 31.2 Å². The number of amides is 1. The predicted molar refractivity (Wildman–Crippen MR) is 88.7 cm³/mol. The van der Waals surface area contributed by atoms with E-state index in [0.29, 0.717) is 31.0 Å². The number of ether oxygens (including phenoxy) is 2. The third kappa shape index (κ3) is 3.85. The van der Waals surface area contributed by atoms with Gasteiger partial charge < -0.3 is 14.4 Å². The van der Waals surface area contributed by atoms with Gasteiger partial charge in [-0.3, -0.25) is 4.79 Å². The highest BCUT2D eigenvalue weighted by atomic mass is 19.1. The number of nitrogens with zero attached hydrogens (tertiary/aromatic N) is 1. The van der Waals surface area contributed by atoms with E-state index in [1.54, 1.807) is 17.0 Å². The molecule has 126 valence electrons. The van der Waals surface area contributed by atoms with Gasteiger partial charge in [-0.05, 0) is 36.8 Å². The second kappa shape index (κ2) is 7.34. The molecule has 3 rings (SSSR count). The lowest BCUT2D eigenvalue weighted by molar-refractivity contribution is -0.131. The summed E-state index contributed by atoms with van der Waals surface area (Å²) in [6.07, 6.45) is -0.0354. The maximum Gasteiger partial charge on any atom is 0.227 e. The van der Waals surface area contributed by atoms with E-state index in [1.165, 1.54) is 12.1 Å². The van der Waals surface area contributed by atoms with Gasteiger partial charge in [0.15, 0.2) is 17.6 Å². The zero-order valence-electron chi connectivity index (χ0n) is 13.6. The van der Waals surface area contributed by atoms with Crippen LogP contribution in [0, 0.1) is 5.82 Å². The van der Waals surface area contributed by atoms with Crippen molar-refractivity contribution in [2.24, 2.45) is 0 Å². The number of hydrogen-bond acceptors (Lipinski definition) is 3. The molecule has 1 heterocycles. The molecule has 0 aliphatic carbocycles. The molecule has 0 saturated heterocycles. The second-order valence-electron chi connectivity index (χ2n) is 5.74. The molecular weight excluding hydrogens is 309 g/mol. The van der Waals surface area contributed by atoms with Gasteiger partial charge in [0.05, 0.1) is 13.0 Å². The Bertz CT molecular complexity index is 719. The Hall–Kier alpha value is -2.56. The second-order valence-corrected chi connectivity index (χ2v) is 5.74. The number of hydrogen-bond donors (Lipinski definition) is 0. The number of likely N-dealkylation sites (N-methyl/N-ethyl adjacent to an activating group) is 1. The van der Waals surface area contributed by atoms with Gasteiger partial charge in [0.1, 0.15) is 12.4 Å². The Morgan fingerprint density at radius 3 is 2.75 bits per heavy atom. The first-order valence-electron chi connectivity index (χ1n) is 8.06. The minimum Gasteiger partial charge on any atom is -0.486 e. The van der Waals surface area contributed by atoms with Crippen molar-refractivity contribution in [2.45, 2.75) is 19.4 Å². The van der Waals surface area contributed by atoms with Crippen LogP contribution >= 0.6 is 0 Å². The lowest BCUT2D eigenvalue weighted by Gasteiger charge is -2.31. The number of carbonyl (C=O) groups is 1. The highest BCUT2D eigenvalue weighted by Crippen LogP contribution is 2.31. The number of para-hydroxylation sites is 2. The fourth-order valence-electron chi connectivity index (χ4n) is 2.74. The van der Waals surface area contributed by atoms with Gasteiger partial charge in [0, 0.05) is 6.54 Å². The number of benzene rings is 2. The summed E-state index contributed by atoms with van der Waals surface area (Å²) in [6, 6.07) is 13.6. The normalized spacial score (nSPS) is 15.8. The summed E-state index contributed by atoms with van der Waals surface area (Å²) in [7, 11) is 0. The van der Waals surface area contributed by atoms with Crippen molar-refractivity contribution in [1.29, 1.82) is 0 Å². The summed E-state index contributed by atoms with van der Waals surface area (Å²) in [5, 5.41) is 0. The zero-order valence-corrected chi connectivity index (χ0v) is 13.6. The van der Waals surface area contributed by atoms with Crippen LogP contribution in [0.15, 0.2) is 48.5 Å². The third-order valence-electron chi connectivity index (χ3n) is 3.97. The number of carbonyl (C=O) groups excluding carboxylic acids is 1. The molecule has 24 heavy (non-hydrogen) atoms. The number of rotatable bonds is 5. The fraction of sp³-hybridized carbons (Fsp3) is 0.316. The SMILES string of the molecule is CCN(CC1COc2ccccc2O1)C(=O)Cc1cccc(F)c1. The lowest BCUT2D eigenvalue weighted by atomic mass is 10.1. The molecule has 1 aliphatic heterocycles. The van der Waals surface area contributed by atoms with E-state index in [-0.39, 0.29) is 24.2 Å². The van der Waals surface area contributed by atoms with Crippen LogP contribution in [-0.2, 0) is 11.2 Å². The molecular formula is C19H20FNO3. The monoisotopic (exact) mass is 329 g/mol. The van der Waals surface area contributed by atoms with Gasteiger partial charge in [-0.15, -0.1) is 0 Å². The van der Waals surface area contributed by atoms with Crippen LogP contribution in [0.2, 0.25) is 0 Å².